The average molecular weight is 306 g/mol. The molecule has 2 heteroatoms. The standard InChI is InChI=1S/C20H35NO/c1-6-8-9-10-15-22-18-13-11-17(12-14-18)19(7-2)21-16-20(3,4)5/h11-14,19,21H,6-10,15-16H2,1-5H3. The van der Waals surface area contributed by atoms with Crippen LogP contribution in [0.25, 0.3) is 0 Å². The van der Waals surface area contributed by atoms with Gasteiger partial charge < -0.3 is 10.1 Å². The molecule has 2 nitrogen and oxygen atoms in total. The van der Waals surface area contributed by atoms with Crippen molar-refractivity contribution in [3.05, 3.63) is 29.8 Å². The van der Waals surface area contributed by atoms with Gasteiger partial charge in [0.05, 0.1) is 6.61 Å². The molecule has 0 heterocycles. The van der Waals surface area contributed by atoms with E-state index in [0.717, 1.165) is 31.7 Å². The van der Waals surface area contributed by atoms with Gasteiger partial charge in [0.15, 0.2) is 0 Å². The number of nitrogens with one attached hydrogen (secondary N) is 1. The first-order valence-electron chi connectivity index (χ1n) is 8.92. The molecular weight excluding hydrogens is 270 g/mol. The van der Waals surface area contributed by atoms with Crippen LogP contribution in [0, 0.1) is 5.41 Å². The van der Waals surface area contributed by atoms with E-state index in [1.165, 1.54) is 24.8 Å². The maximum Gasteiger partial charge on any atom is 0.119 e. The summed E-state index contributed by atoms with van der Waals surface area (Å²) < 4.78 is 5.81. The van der Waals surface area contributed by atoms with E-state index in [4.69, 9.17) is 4.74 Å². The van der Waals surface area contributed by atoms with Crippen molar-refractivity contribution in [2.45, 2.75) is 72.8 Å². The highest BCUT2D eigenvalue weighted by Gasteiger charge is 2.14. The van der Waals surface area contributed by atoms with Crippen molar-refractivity contribution in [3.63, 3.8) is 0 Å². The molecule has 0 aromatic heterocycles. The molecule has 1 unspecified atom stereocenters. The van der Waals surface area contributed by atoms with Gasteiger partial charge in [-0.2, -0.15) is 0 Å². The second kappa shape index (κ2) is 9.89. The summed E-state index contributed by atoms with van der Waals surface area (Å²) in [4.78, 5) is 0. The van der Waals surface area contributed by atoms with Crippen LogP contribution in [0.5, 0.6) is 5.75 Å². The molecule has 1 atom stereocenters. The van der Waals surface area contributed by atoms with Crippen molar-refractivity contribution in [1.82, 2.24) is 5.32 Å². The van der Waals surface area contributed by atoms with E-state index < -0.39 is 0 Å². The SMILES string of the molecule is CCCCCCOc1ccc(C(CC)NCC(C)(C)C)cc1. The van der Waals surface area contributed by atoms with Crippen molar-refractivity contribution >= 4 is 0 Å². The summed E-state index contributed by atoms with van der Waals surface area (Å²) in [6.07, 6.45) is 6.10. The first-order chi connectivity index (χ1) is 10.5. The van der Waals surface area contributed by atoms with Crippen LogP contribution < -0.4 is 10.1 Å². The van der Waals surface area contributed by atoms with Crippen LogP contribution >= 0.6 is 0 Å². The third-order valence-corrected chi connectivity index (χ3v) is 3.84. The minimum Gasteiger partial charge on any atom is -0.494 e. The zero-order valence-corrected chi connectivity index (χ0v) is 15.2. The van der Waals surface area contributed by atoms with E-state index in [2.05, 4.69) is 64.2 Å². The van der Waals surface area contributed by atoms with Gasteiger partial charge in [-0.05, 0) is 36.0 Å². The fraction of sp³-hybridized carbons (Fsp3) is 0.700. The van der Waals surface area contributed by atoms with Crippen LogP contribution in [0.3, 0.4) is 0 Å². The molecule has 22 heavy (non-hydrogen) atoms. The van der Waals surface area contributed by atoms with Gasteiger partial charge in [-0.1, -0.05) is 66.0 Å². The Hall–Kier alpha value is -1.02. The minimum atomic E-state index is 0.314. The lowest BCUT2D eigenvalue weighted by atomic mass is 9.95. The van der Waals surface area contributed by atoms with E-state index in [1.54, 1.807) is 0 Å². The number of benzene rings is 1. The number of hydrogen-bond donors (Lipinski definition) is 1. The lowest BCUT2D eigenvalue weighted by Gasteiger charge is -2.24. The Morgan fingerprint density at radius 1 is 1.00 bits per heavy atom. The molecule has 0 bridgehead atoms. The molecule has 126 valence electrons. The average Bonchev–Trinajstić information content (AvgIpc) is 2.48. The summed E-state index contributed by atoms with van der Waals surface area (Å²) in [5.41, 5.74) is 1.67. The van der Waals surface area contributed by atoms with Crippen LogP contribution in [0.4, 0.5) is 0 Å². The first kappa shape index (κ1) is 19.0. The highest BCUT2D eigenvalue weighted by molar-refractivity contribution is 5.29. The van der Waals surface area contributed by atoms with Crippen LogP contribution in [0.15, 0.2) is 24.3 Å². The van der Waals surface area contributed by atoms with Gasteiger partial charge in [0, 0.05) is 12.6 Å². The van der Waals surface area contributed by atoms with Gasteiger partial charge >= 0.3 is 0 Å². The molecular formula is C20H35NO. The predicted octanol–water partition coefficient (Wildman–Crippen LogP) is 5.73. The lowest BCUT2D eigenvalue weighted by Crippen LogP contribution is -2.30. The van der Waals surface area contributed by atoms with Crippen molar-refractivity contribution in [1.29, 1.82) is 0 Å². The van der Waals surface area contributed by atoms with Gasteiger partial charge in [0.2, 0.25) is 0 Å². The van der Waals surface area contributed by atoms with E-state index in [1.807, 2.05) is 0 Å². The van der Waals surface area contributed by atoms with E-state index >= 15 is 0 Å². The maximum absolute atomic E-state index is 5.81. The molecule has 0 saturated carbocycles. The molecule has 1 aromatic rings. The van der Waals surface area contributed by atoms with Crippen LogP contribution in [-0.4, -0.2) is 13.2 Å². The Morgan fingerprint density at radius 2 is 1.68 bits per heavy atom. The van der Waals surface area contributed by atoms with Crippen molar-refractivity contribution in [2.24, 2.45) is 5.41 Å². The van der Waals surface area contributed by atoms with Gasteiger partial charge in [-0.3, -0.25) is 0 Å². The fourth-order valence-corrected chi connectivity index (χ4v) is 2.44. The summed E-state index contributed by atoms with van der Waals surface area (Å²) in [6, 6.07) is 9.04. The van der Waals surface area contributed by atoms with Crippen LogP contribution in [0.1, 0.15) is 78.3 Å². The quantitative estimate of drug-likeness (QED) is 0.557. The Morgan fingerprint density at radius 3 is 2.23 bits per heavy atom. The molecule has 0 amide bonds. The predicted molar refractivity (Wildman–Crippen MR) is 96.6 cm³/mol. The highest BCUT2D eigenvalue weighted by atomic mass is 16.5. The number of unbranched alkanes of at least 4 members (excludes halogenated alkanes) is 3. The molecule has 0 fully saturated rings. The summed E-state index contributed by atoms with van der Waals surface area (Å²) in [6.45, 7) is 13.1. The molecule has 0 saturated heterocycles. The van der Waals surface area contributed by atoms with Crippen LogP contribution in [-0.2, 0) is 0 Å². The molecule has 0 aliphatic rings. The number of ether oxygens (including phenoxy) is 1. The zero-order chi connectivity index (χ0) is 16.4. The second-order valence-corrected chi connectivity index (χ2v) is 7.38. The third kappa shape index (κ3) is 7.84. The smallest absolute Gasteiger partial charge is 0.119 e. The van der Waals surface area contributed by atoms with Crippen molar-refractivity contribution < 1.29 is 4.74 Å². The van der Waals surface area contributed by atoms with Gasteiger partial charge in [-0.25, -0.2) is 0 Å². The lowest BCUT2D eigenvalue weighted by molar-refractivity contribution is 0.304. The molecule has 0 spiro atoms. The Balaban J connectivity index is 2.44. The largest absolute Gasteiger partial charge is 0.494 e. The van der Waals surface area contributed by atoms with E-state index in [0.29, 0.717) is 11.5 Å². The Labute approximate surface area is 137 Å². The summed E-state index contributed by atoms with van der Waals surface area (Å²) in [5, 5.41) is 3.67. The topological polar surface area (TPSA) is 21.3 Å². The molecule has 0 aliphatic heterocycles. The Kier molecular flexibility index (Phi) is 8.55. The minimum absolute atomic E-state index is 0.314. The third-order valence-electron chi connectivity index (χ3n) is 3.84. The molecule has 1 aromatic carbocycles. The Bertz CT molecular complexity index is 391. The monoisotopic (exact) mass is 305 g/mol. The normalized spacial score (nSPS) is 13.1. The fourth-order valence-electron chi connectivity index (χ4n) is 2.44. The number of hydrogen-bond acceptors (Lipinski definition) is 2. The van der Waals surface area contributed by atoms with Gasteiger partial charge in [0.25, 0.3) is 0 Å². The summed E-state index contributed by atoms with van der Waals surface area (Å²) >= 11 is 0. The van der Waals surface area contributed by atoms with E-state index in [9.17, 15) is 0 Å². The highest BCUT2D eigenvalue weighted by Crippen LogP contribution is 2.22. The van der Waals surface area contributed by atoms with E-state index in [-0.39, 0.29) is 0 Å². The van der Waals surface area contributed by atoms with Crippen LogP contribution in [0.2, 0.25) is 0 Å². The second-order valence-electron chi connectivity index (χ2n) is 7.38. The molecule has 0 radical (unpaired) electrons. The molecule has 1 N–H and O–H groups in total. The molecule has 0 aliphatic carbocycles. The van der Waals surface area contributed by atoms with Crippen molar-refractivity contribution in [2.75, 3.05) is 13.2 Å². The summed E-state index contributed by atoms with van der Waals surface area (Å²) in [7, 11) is 0. The summed E-state index contributed by atoms with van der Waals surface area (Å²) in [5.74, 6) is 0.992. The zero-order valence-electron chi connectivity index (χ0n) is 15.2. The number of rotatable bonds is 10. The first-order valence-corrected chi connectivity index (χ1v) is 8.92. The van der Waals surface area contributed by atoms with Gasteiger partial charge in [-0.15, -0.1) is 0 Å². The maximum atomic E-state index is 5.81. The van der Waals surface area contributed by atoms with Crippen molar-refractivity contribution in [3.8, 4) is 5.75 Å². The molecule has 1 rings (SSSR count). The van der Waals surface area contributed by atoms with Gasteiger partial charge in [0.1, 0.15) is 5.75 Å².